The fourth-order valence-electron chi connectivity index (χ4n) is 1.87. The molecular formula is C11H15BrClNO. The Bertz CT molecular complexity index is 326. The summed E-state index contributed by atoms with van der Waals surface area (Å²) in [7, 11) is 1.69. The summed E-state index contributed by atoms with van der Waals surface area (Å²) in [5.41, 5.74) is 1.34. The number of ether oxygens (including phenoxy) is 1. The monoisotopic (exact) mass is 291 g/mol. The Hall–Kier alpha value is -0.250. The van der Waals surface area contributed by atoms with Crippen LogP contribution in [0.25, 0.3) is 0 Å². The number of methoxy groups -OCH3 is 1. The Morgan fingerprint density at radius 2 is 2.27 bits per heavy atom. The van der Waals surface area contributed by atoms with E-state index in [0.717, 1.165) is 16.8 Å². The molecule has 4 heteroatoms. The van der Waals surface area contributed by atoms with E-state index in [0.29, 0.717) is 6.04 Å². The van der Waals surface area contributed by atoms with Gasteiger partial charge in [-0.2, -0.15) is 0 Å². The molecule has 0 aromatic heterocycles. The first-order valence-electron chi connectivity index (χ1n) is 4.88. The lowest BCUT2D eigenvalue weighted by atomic mass is 10.1. The highest BCUT2D eigenvalue weighted by Gasteiger charge is 2.18. The lowest BCUT2D eigenvalue weighted by Gasteiger charge is -2.13. The maximum Gasteiger partial charge on any atom is 0.120 e. The maximum atomic E-state index is 5.16. The van der Waals surface area contributed by atoms with Gasteiger partial charge in [-0.3, -0.25) is 0 Å². The Morgan fingerprint density at radius 3 is 2.80 bits per heavy atom. The first-order valence-corrected chi connectivity index (χ1v) is 5.67. The van der Waals surface area contributed by atoms with Crippen molar-refractivity contribution < 1.29 is 4.74 Å². The third-order valence-corrected chi connectivity index (χ3v) is 3.33. The van der Waals surface area contributed by atoms with Crippen molar-refractivity contribution in [1.82, 2.24) is 5.32 Å². The molecule has 1 aliphatic heterocycles. The van der Waals surface area contributed by atoms with Crippen LogP contribution in [0.2, 0.25) is 0 Å². The summed E-state index contributed by atoms with van der Waals surface area (Å²) in [5.74, 6) is 0.902. The minimum Gasteiger partial charge on any atom is -0.497 e. The summed E-state index contributed by atoms with van der Waals surface area (Å²) >= 11 is 3.58. The molecule has 84 valence electrons. The molecule has 2 rings (SSSR count). The molecule has 0 aliphatic carbocycles. The minimum atomic E-state index is 0. The van der Waals surface area contributed by atoms with Crippen LogP contribution in [0.5, 0.6) is 5.75 Å². The second-order valence-electron chi connectivity index (χ2n) is 3.54. The molecule has 2 nitrogen and oxygen atoms in total. The summed E-state index contributed by atoms with van der Waals surface area (Å²) in [5, 5.41) is 3.48. The molecule has 0 bridgehead atoms. The zero-order chi connectivity index (χ0) is 9.97. The fourth-order valence-corrected chi connectivity index (χ4v) is 2.50. The van der Waals surface area contributed by atoms with E-state index in [1.807, 2.05) is 12.1 Å². The summed E-state index contributed by atoms with van der Waals surface area (Å²) in [4.78, 5) is 0. The van der Waals surface area contributed by atoms with Crippen LogP contribution in [0.4, 0.5) is 0 Å². The van der Waals surface area contributed by atoms with Crippen LogP contribution in [0.1, 0.15) is 24.4 Å². The highest BCUT2D eigenvalue weighted by Crippen LogP contribution is 2.31. The van der Waals surface area contributed by atoms with Gasteiger partial charge >= 0.3 is 0 Å². The van der Waals surface area contributed by atoms with E-state index < -0.39 is 0 Å². The predicted molar refractivity (Wildman–Crippen MR) is 67.9 cm³/mol. The molecule has 1 aliphatic rings. The minimum absolute atomic E-state index is 0. The van der Waals surface area contributed by atoms with Crippen molar-refractivity contribution in [2.75, 3.05) is 13.7 Å². The van der Waals surface area contributed by atoms with Gasteiger partial charge in [0.1, 0.15) is 5.75 Å². The molecule has 1 aromatic rings. The van der Waals surface area contributed by atoms with E-state index in [2.05, 4.69) is 27.3 Å². The molecule has 1 atom stereocenters. The Balaban J connectivity index is 0.00000112. The van der Waals surface area contributed by atoms with E-state index in [1.165, 1.54) is 18.4 Å². The van der Waals surface area contributed by atoms with Crippen molar-refractivity contribution in [2.45, 2.75) is 18.9 Å². The van der Waals surface area contributed by atoms with Gasteiger partial charge in [-0.25, -0.2) is 0 Å². The van der Waals surface area contributed by atoms with E-state index >= 15 is 0 Å². The molecule has 1 heterocycles. The molecule has 1 N–H and O–H groups in total. The van der Waals surface area contributed by atoms with Crippen LogP contribution in [0.3, 0.4) is 0 Å². The lowest BCUT2D eigenvalue weighted by molar-refractivity contribution is 0.414. The van der Waals surface area contributed by atoms with E-state index in [-0.39, 0.29) is 12.4 Å². The maximum absolute atomic E-state index is 5.16. The standard InChI is InChI=1S/C11H14BrNO.ClH/c1-14-8-4-5-9(10(12)7-8)11-3-2-6-13-11;/h4-5,7,11,13H,2-3,6H2,1H3;1H/t11-;/m1./s1. The number of nitrogens with one attached hydrogen (secondary N) is 1. The summed E-state index contributed by atoms with van der Waals surface area (Å²) in [6.45, 7) is 1.13. The zero-order valence-electron chi connectivity index (χ0n) is 8.63. The largest absolute Gasteiger partial charge is 0.497 e. The van der Waals surface area contributed by atoms with Gasteiger partial charge in [-0.05, 0) is 37.1 Å². The quantitative estimate of drug-likeness (QED) is 0.903. The van der Waals surface area contributed by atoms with Gasteiger partial charge < -0.3 is 10.1 Å². The van der Waals surface area contributed by atoms with Crippen LogP contribution in [-0.2, 0) is 0 Å². The Labute approximate surface area is 105 Å². The number of halogens is 2. The summed E-state index contributed by atoms with van der Waals surface area (Å²) < 4.78 is 6.30. The third kappa shape index (κ3) is 2.86. The van der Waals surface area contributed by atoms with Gasteiger partial charge in [0.05, 0.1) is 7.11 Å². The smallest absolute Gasteiger partial charge is 0.120 e. The Morgan fingerprint density at radius 1 is 1.47 bits per heavy atom. The molecule has 0 saturated carbocycles. The van der Waals surface area contributed by atoms with Gasteiger partial charge in [0.15, 0.2) is 0 Å². The van der Waals surface area contributed by atoms with Crippen molar-refractivity contribution >= 4 is 28.3 Å². The van der Waals surface area contributed by atoms with E-state index in [1.54, 1.807) is 7.11 Å². The highest BCUT2D eigenvalue weighted by atomic mass is 79.9. The first-order chi connectivity index (χ1) is 6.81. The zero-order valence-corrected chi connectivity index (χ0v) is 11.0. The third-order valence-electron chi connectivity index (χ3n) is 2.64. The van der Waals surface area contributed by atoms with Crippen molar-refractivity contribution in [3.05, 3.63) is 28.2 Å². The highest BCUT2D eigenvalue weighted by molar-refractivity contribution is 9.10. The average molecular weight is 293 g/mol. The first kappa shape index (κ1) is 12.8. The summed E-state index contributed by atoms with van der Waals surface area (Å²) in [6.07, 6.45) is 2.49. The lowest BCUT2D eigenvalue weighted by Crippen LogP contribution is -2.13. The molecular weight excluding hydrogens is 277 g/mol. The molecule has 15 heavy (non-hydrogen) atoms. The molecule has 1 fully saturated rings. The second-order valence-corrected chi connectivity index (χ2v) is 4.39. The van der Waals surface area contributed by atoms with Gasteiger partial charge in [-0.1, -0.05) is 22.0 Å². The van der Waals surface area contributed by atoms with Crippen LogP contribution < -0.4 is 10.1 Å². The normalized spacial score (nSPS) is 19.7. The van der Waals surface area contributed by atoms with E-state index in [4.69, 9.17) is 4.74 Å². The van der Waals surface area contributed by atoms with Crippen LogP contribution >= 0.6 is 28.3 Å². The van der Waals surface area contributed by atoms with E-state index in [9.17, 15) is 0 Å². The van der Waals surface area contributed by atoms with Crippen molar-refractivity contribution in [1.29, 1.82) is 0 Å². The van der Waals surface area contributed by atoms with Crippen molar-refractivity contribution in [3.63, 3.8) is 0 Å². The summed E-state index contributed by atoms with van der Waals surface area (Å²) in [6, 6.07) is 6.68. The molecule has 0 radical (unpaired) electrons. The van der Waals surface area contributed by atoms with Gasteiger partial charge in [-0.15, -0.1) is 12.4 Å². The number of rotatable bonds is 2. The number of hydrogen-bond acceptors (Lipinski definition) is 2. The molecule has 0 unspecified atom stereocenters. The topological polar surface area (TPSA) is 21.3 Å². The molecule has 1 aromatic carbocycles. The van der Waals surface area contributed by atoms with Crippen LogP contribution in [0.15, 0.2) is 22.7 Å². The van der Waals surface area contributed by atoms with Gasteiger partial charge in [0.2, 0.25) is 0 Å². The second kappa shape index (κ2) is 5.73. The van der Waals surface area contributed by atoms with Gasteiger partial charge in [0.25, 0.3) is 0 Å². The van der Waals surface area contributed by atoms with Gasteiger partial charge in [0, 0.05) is 10.5 Å². The fraction of sp³-hybridized carbons (Fsp3) is 0.455. The molecule has 1 saturated heterocycles. The molecule has 0 spiro atoms. The predicted octanol–water partition coefficient (Wildman–Crippen LogP) is 3.30. The average Bonchev–Trinajstić information content (AvgIpc) is 2.70. The van der Waals surface area contributed by atoms with Crippen LogP contribution in [0, 0.1) is 0 Å². The SMILES string of the molecule is COc1ccc([C@H]2CCCN2)c(Br)c1.Cl. The van der Waals surface area contributed by atoms with Crippen LogP contribution in [-0.4, -0.2) is 13.7 Å². The number of benzene rings is 1. The number of hydrogen-bond donors (Lipinski definition) is 1. The molecule has 0 amide bonds. The van der Waals surface area contributed by atoms with Crippen molar-refractivity contribution in [2.24, 2.45) is 0 Å². The van der Waals surface area contributed by atoms with Crippen molar-refractivity contribution in [3.8, 4) is 5.75 Å². The Kier molecular flexibility index (Phi) is 4.90.